The summed E-state index contributed by atoms with van der Waals surface area (Å²) in [6, 6.07) is 18.5. The van der Waals surface area contributed by atoms with Crippen LogP contribution in [0.1, 0.15) is 49.9 Å². The van der Waals surface area contributed by atoms with Gasteiger partial charge < -0.3 is 24.4 Å². The van der Waals surface area contributed by atoms with Gasteiger partial charge in [-0.15, -0.1) is 0 Å². The summed E-state index contributed by atoms with van der Waals surface area (Å²) in [5.74, 6) is 0.632. The molecule has 44 heavy (non-hydrogen) atoms. The van der Waals surface area contributed by atoms with Gasteiger partial charge in [-0.2, -0.15) is 5.10 Å². The molecule has 2 aromatic heterocycles. The van der Waals surface area contributed by atoms with E-state index in [1.165, 1.54) is 24.5 Å². The molecule has 11 heteroatoms. The van der Waals surface area contributed by atoms with Gasteiger partial charge >= 0.3 is 0 Å². The summed E-state index contributed by atoms with van der Waals surface area (Å²) >= 11 is 0. The van der Waals surface area contributed by atoms with E-state index in [-0.39, 0.29) is 24.6 Å². The second kappa shape index (κ2) is 11.3. The molecule has 2 amide bonds. The molecule has 0 aliphatic carbocycles. The number of halogens is 1. The quantitative estimate of drug-likeness (QED) is 0.308. The zero-order chi connectivity index (χ0) is 30.2. The van der Waals surface area contributed by atoms with Crippen molar-refractivity contribution in [2.75, 3.05) is 26.8 Å². The van der Waals surface area contributed by atoms with Crippen molar-refractivity contribution in [3.63, 3.8) is 0 Å². The number of pyridine rings is 1. The Bertz CT molecular complexity index is 1910. The maximum Gasteiger partial charge on any atom is 0.254 e. The van der Waals surface area contributed by atoms with E-state index in [1.54, 1.807) is 30.0 Å². The highest BCUT2D eigenvalue weighted by Gasteiger charge is 2.34. The number of methoxy groups -OCH3 is 1. The Balaban J connectivity index is 1.33. The summed E-state index contributed by atoms with van der Waals surface area (Å²) in [7, 11) is 1.57. The largest absolute Gasteiger partial charge is 0.493 e. The van der Waals surface area contributed by atoms with Crippen molar-refractivity contribution >= 4 is 17.5 Å². The van der Waals surface area contributed by atoms with E-state index < -0.39 is 17.8 Å². The summed E-state index contributed by atoms with van der Waals surface area (Å²) in [5, 5.41) is 6.88. The van der Waals surface area contributed by atoms with Crippen LogP contribution < -0.4 is 19.5 Å². The minimum Gasteiger partial charge on any atom is -0.493 e. The van der Waals surface area contributed by atoms with E-state index in [1.807, 2.05) is 41.3 Å². The number of amides is 2. The average molecular weight is 594 g/mol. The van der Waals surface area contributed by atoms with Crippen LogP contribution in [0, 0.1) is 5.82 Å². The van der Waals surface area contributed by atoms with Crippen molar-refractivity contribution in [2.24, 2.45) is 0 Å². The third-order valence-electron chi connectivity index (χ3n) is 7.92. The number of nitrogens with zero attached hydrogens (tertiary/aromatic N) is 4. The fraction of sp³-hybridized carbons (Fsp3) is 0.212. The zero-order valence-corrected chi connectivity index (χ0v) is 23.8. The Morgan fingerprint density at radius 3 is 2.82 bits per heavy atom. The Hall–Kier alpha value is -5.45. The minimum absolute atomic E-state index is 0.101. The van der Waals surface area contributed by atoms with Gasteiger partial charge in [0, 0.05) is 24.8 Å². The average Bonchev–Trinajstić information content (AvgIpc) is 3.52. The number of nitrogens with one attached hydrogen (secondary N) is 1. The van der Waals surface area contributed by atoms with Crippen LogP contribution >= 0.6 is 0 Å². The first-order valence-electron chi connectivity index (χ1n) is 14.3. The molecule has 0 saturated carbocycles. The van der Waals surface area contributed by atoms with Gasteiger partial charge in [-0.3, -0.25) is 9.59 Å². The molecule has 8 bridgehead atoms. The third kappa shape index (κ3) is 5.06. The van der Waals surface area contributed by atoms with Crippen molar-refractivity contribution in [1.82, 2.24) is 24.8 Å². The van der Waals surface area contributed by atoms with E-state index in [4.69, 9.17) is 14.2 Å². The Kier molecular flexibility index (Phi) is 7.05. The van der Waals surface area contributed by atoms with Gasteiger partial charge in [-0.1, -0.05) is 12.1 Å². The van der Waals surface area contributed by atoms with Crippen molar-refractivity contribution in [3.8, 4) is 23.0 Å². The molecule has 5 heterocycles. The number of hydrogen-bond donors (Lipinski definition) is 1. The standard InChI is InChI=1S/C33H28FN5O5/c1-42-28-8-3-21-16-29(28)43-14-2-11-35-32(40)26-18-24(5-7-27(26)34)44-23-4-6-25-20(15-23)9-12-38(31(21)25)33(41)22-10-13-39-30(17-22)36-19-37-39/h3-8,10,13,15-19,31H,2,9,11-12,14H2,1H3,(H,35,40). The lowest BCUT2D eigenvalue weighted by atomic mass is 9.87. The van der Waals surface area contributed by atoms with Crippen LogP contribution in [0.5, 0.6) is 23.0 Å². The molecule has 0 fully saturated rings. The van der Waals surface area contributed by atoms with Crippen molar-refractivity contribution in [3.05, 3.63) is 113 Å². The van der Waals surface area contributed by atoms with Gasteiger partial charge in [0.2, 0.25) is 0 Å². The molecular formula is C33H28FN5O5. The molecule has 10 nitrogen and oxygen atoms in total. The van der Waals surface area contributed by atoms with Crippen LogP contribution in [-0.2, 0) is 6.42 Å². The van der Waals surface area contributed by atoms with Gasteiger partial charge in [0.05, 0.1) is 25.3 Å². The second-order valence-corrected chi connectivity index (χ2v) is 10.6. The van der Waals surface area contributed by atoms with Crippen LogP contribution in [-0.4, -0.2) is 58.1 Å². The van der Waals surface area contributed by atoms with Crippen LogP contribution in [0.2, 0.25) is 0 Å². The number of carbonyl (C=O) groups is 2. The molecule has 1 atom stereocenters. The van der Waals surface area contributed by atoms with Crippen LogP contribution in [0.25, 0.3) is 5.65 Å². The van der Waals surface area contributed by atoms with Gasteiger partial charge in [0.1, 0.15) is 23.6 Å². The SMILES string of the molecule is COc1ccc2cc1OCCCNC(=O)c1cc(ccc1F)Oc1ccc3c(c1)CCN(C(=O)c1ccn4ncnc4c1)C23. The summed E-state index contributed by atoms with van der Waals surface area (Å²) < 4.78 is 34.0. The topological polar surface area (TPSA) is 107 Å². The lowest BCUT2D eigenvalue weighted by Crippen LogP contribution is -2.40. The molecule has 3 aromatic carbocycles. The molecule has 3 aliphatic rings. The molecule has 1 N–H and O–H groups in total. The molecule has 222 valence electrons. The highest BCUT2D eigenvalue weighted by atomic mass is 19.1. The molecule has 0 saturated heterocycles. The van der Waals surface area contributed by atoms with Crippen LogP contribution in [0.4, 0.5) is 4.39 Å². The lowest BCUT2D eigenvalue weighted by Gasteiger charge is -2.38. The summed E-state index contributed by atoms with van der Waals surface area (Å²) in [5.41, 5.74) is 3.79. The number of fused-ring (bicyclic) bond motifs is 7. The number of ether oxygens (including phenoxy) is 3. The van der Waals surface area contributed by atoms with Gasteiger partial charge in [0.25, 0.3) is 11.8 Å². The summed E-state index contributed by atoms with van der Waals surface area (Å²) in [4.78, 5) is 32.9. The molecule has 1 unspecified atom stereocenters. The smallest absolute Gasteiger partial charge is 0.254 e. The normalized spacial score (nSPS) is 16.4. The number of rotatable bonds is 2. The monoisotopic (exact) mass is 593 g/mol. The molecule has 0 radical (unpaired) electrons. The molecule has 0 spiro atoms. The zero-order valence-electron chi connectivity index (χ0n) is 23.8. The van der Waals surface area contributed by atoms with Crippen molar-refractivity contribution in [1.29, 1.82) is 0 Å². The third-order valence-corrected chi connectivity index (χ3v) is 7.92. The Morgan fingerprint density at radius 1 is 1.07 bits per heavy atom. The first kappa shape index (κ1) is 27.4. The van der Waals surface area contributed by atoms with Crippen LogP contribution in [0.15, 0.2) is 79.3 Å². The van der Waals surface area contributed by atoms with Crippen LogP contribution in [0.3, 0.4) is 0 Å². The van der Waals surface area contributed by atoms with Crippen molar-refractivity contribution < 1.29 is 28.2 Å². The van der Waals surface area contributed by atoms with Gasteiger partial charge in [-0.05, 0) is 84.1 Å². The predicted octanol–water partition coefficient (Wildman–Crippen LogP) is 4.97. The van der Waals surface area contributed by atoms with E-state index in [9.17, 15) is 14.0 Å². The summed E-state index contributed by atoms with van der Waals surface area (Å²) in [6.45, 7) is 0.995. The van der Waals surface area contributed by atoms with E-state index in [2.05, 4.69) is 15.4 Å². The Labute approximate surface area is 252 Å². The maximum atomic E-state index is 14.6. The van der Waals surface area contributed by atoms with Gasteiger partial charge in [0.15, 0.2) is 17.1 Å². The lowest BCUT2D eigenvalue weighted by molar-refractivity contribution is 0.0694. The fourth-order valence-electron chi connectivity index (χ4n) is 5.76. The Morgan fingerprint density at radius 2 is 1.93 bits per heavy atom. The number of hydrogen-bond acceptors (Lipinski definition) is 7. The first-order chi connectivity index (χ1) is 21.5. The predicted molar refractivity (Wildman–Crippen MR) is 158 cm³/mol. The van der Waals surface area contributed by atoms with Crippen molar-refractivity contribution in [2.45, 2.75) is 18.9 Å². The van der Waals surface area contributed by atoms with Gasteiger partial charge in [-0.25, -0.2) is 13.9 Å². The fourth-order valence-corrected chi connectivity index (χ4v) is 5.76. The highest BCUT2D eigenvalue weighted by molar-refractivity contribution is 5.96. The molecule has 8 rings (SSSR count). The highest BCUT2D eigenvalue weighted by Crippen LogP contribution is 2.41. The second-order valence-electron chi connectivity index (χ2n) is 10.6. The minimum atomic E-state index is -0.636. The maximum absolute atomic E-state index is 14.6. The molecule has 3 aliphatic heterocycles. The number of aromatic nitrogens is 3. The van der Waals surface area contributed by atoms with E-state index in [0.29, 0.717) is 53.6 Å². The molecular weight excluding hydrogens is 565 g/mol. The first-order valence-corrected chi connectivity index (χ1v) is 14.3. The van der Waals surface area contributed by atoms with E-state index in [0.717, 1.165) is 16.7 Å². The summed E-state index contributed by atoms with van der Waals surface area (Å²) in [6.07, 6.45) is 4.23. The molecule has 5 aromatic rings. The van der Waals surface area contributed by atoms with E-state index >= 15 is 0 Å². The number of carbonyl (C=O) groups excluding carboxylic acids is 2. The number of benzene rings is 3.